The Balaban J connectivity index is 2.39. The predicted octanol–water partition coefficient (Wildman–Crippen LogP) is 2.32. The number of benzene rings is 1. The second-order valence-corrected chi connectivity index (χ2v) is 3.87. The van der Waals surface area contributed by atoms with Crippen LogP contribution >= 0.6 is 0 Å². The van der Waals surface area contributed by atoms with E-state index in [1.165, 1.54) is 0 Å². The van der Waals surface area contributed by atoms with Gasteiger partial charge in [0.25, 0.3) is 0 Å². The van der Waals surface area contributed by atoms with E-state index in [4.69, 9.17) is 4.74 Å². The topological polar surface area (TPSA) is 38.3 Å². The number of hydrogen-bond acceptors (Lipinski definition) is 2. The van der Waals surface area contributed by atoms with Crippen LogP contribution < -0.4 is 10.1 Å². The first-order valence-corrected chi connectivity index (χ1v) is 6.32. The lowest BCUT2D eigenvalue weighted by molar-refractivity contribution is -0.120. The third-order valence-electron chi connectivity index (χ3n) is 2.46. The number of carbonyl (C=O) groups is 1. The van der Waals surface area contributed by atoms with Crippen LogP contribution in [0.4, 0.5) is 0 Å². The molecular weight excluding hydrogens is 238 g/mol. The molecule has 0 radical (unpaired) electrons. The second kappa shape index (κ2) is 8.82. The molecule has 1 aromatic rings. The van der Waals surface area contributed by atoms with Crippen LogP contribution in [0.2, 0.25) is 0 Å². The zero-order chi connectivity index (χ0) is 13.9. The van der Waals surface area contributed by atoms with Gasteiger partial charge in [0.1, 0.15) is 12.4 Å². The molecule has 0 aliphatic rings. The van der Waals surface area contributed by atoms with Crippen molar-refractivity contribution >= 4 is 5.91 Å². The molecule has 0 bridgehead atoms. The highest BCUT2D eigenvalue weighted by Gasteiger charge is 1.99. The average molecular weight is 257 g/mol. The minimum atomic E-state index is 0.00606. The fourth-order valence-corrected chi connectivity index (χ4v) is 1.46. The van der Waals surface area contributed by atoms with Gasteiger partial charge in [-0.25, -0.2) is 0 Å². The van der Waals surface area contributed by atoms with E-state index in [9.17, 15) is 4.79 Å². The summed E-state index contributed by atoms with van der Waals surface area (Å²) in [5.41, 5.74) is 1.10. The summed E-state index contributed by atoms with van der Waals surface area (Å²) in [5, 5.41) is 2.68. The number of hydrogen-bond donors (Lipinski definition) is 1. The van der Waals surface area contributed by atoms with Gasteiger partial charge in [-0.15, -0.1) is 6.58 Å². The van der Waals surface area contributed by atoms with Crippen molar-refractivity contribution in [3.63, 3.8) is 0 Å². The van der Waals surface area contributed by atoms with E-state index < -0.39 is 0 Å². The molecule has 3 heteroatoms. The molecule has 0 spiro atoms. The molecule has 0 saturated carbocycles. The third kappa shape index (κ3) is 5.78. The SMILES string of the molecule is C=CCc1ccccc1OCC#CCNC(=O)CC. The first-order valence-electron chi connectivity index (χ1n) is 6.32. The Morgan fingerprint density at radius 3 is 2.95 bits per heavy atom. The minimum absolute atomic E-state index is 0.00606. The van der Waals surface area contributed by atoms with Crippen LogP contribution in [-0.4, -0.2) is 19.1 Å². The van der Waals surface area contributed by atoms with Crippen LogP contribution in [0.5, 0.6) is 5.75 Å². The van der Waals surface area contributed by atoms with E-state index in [0.717, 1.165) is 17.7 Å². The van der Waals surface area contributed by atoms with Gasteiger partial charge in [0.05, 0.1) is 6.54 Å². The van der Waals surface area contributed by atoms with Gasteiger partial charge in [-0.1, -0.05) is 43.0 Å². The Bertz CT molecular complexity index is 483. The fourth-order valence-electron chi connectivity index (χ4n) is 1.46. The van der Waals surface area contributed by atoms with E-state index >= 15 is 0 Å². The molecule has 0 aliphatic heterocycles. The zero-order valence-corrected chi connectivity index (χ0v) is 11.2. The van der Waals surface area contributed by atoms with Crippen molar-refractivity contribution in [3.8, 4) is 17.6 Å². The van der Waals surface area contributed by atoms with E-state index in [1.54, 1.807) is 0 Å². The smallest absolute Gasteiger partial charge is 0.220 e. The van der Waals surface area contributed by atoms with Gasteiger partial charge in [-0.2, -0.15) is 0 Å². The summed E-state index contributed by atoms with van der Waals surface area (Å²) in [6, 6.07) is 7.82. The molecule has 1 N–H and O–H groups in total. The van der Waals surface area contributed by atoms with Crippen LogP contribution in [-0.2, 0) is 11.2 Å². The number of amides is 1. The van der Waals surface area contributed by atoms with Crippen molar-refractivity contribution in [2.75, 3.05) is 13.2 Å². The van der Waals surface area contributed by atoms with Crippen molar-refractivity contribution in [1.29, 1.82) is 0 Å². The number of allylic oxidation sites excluding steroid dienone is 1. The zero-order valence-electron chi connectivity index (χ0n) is 11.2. The minimum Gasteiger partial charge on any atom is -0.481 e. The molecule has 1 rings (SSSR count). The fraction of sp³-hybridized carbons (Fsp3) is 0.312. The lowest BCUT2D eigenvalue weighted by Crippen LogP contribution is -2.22. The molecule has 1 aromatic carbocycles. The molecule has 1 amide bonds. The summed E-state index contributed by atoms with van der Waals surface area (Å²) in [6.07, 6.45) is 3.09. The summed E-state index contributed by atoms with van der Waals surface area (Å²) < 4.78 is 5.59. The van der Waals surface area contributed by atoms with Crippen LogP contribution in [0.15, 0.2) is 36.9 Å². The summed E-state index contributed by atoms with van der Waals surface area (Å²) in [5.74, 6) is 6.55. The van der Waals surface area contributed by atoms with E-state index in [2.05, 4.69) is 23.7 Å². The standard InChI is InChI=1S/C16H19NO2/c1-3-9-14-10-5-6-11-15(14)19-13-8-7-12-17-16(18)4-2/h3,5-6,10-11H,1,4,9,12-13H2,2H3,(H,17,18). The highest BCUT2D eigenvalue weighted by atomic mass is 16.5. The van der Waals surface area contributed by atoms with Gasteiger partial charge < -0.3 is 10.1 Å². The Kier molecular flexibility index (Phi) is 6.89. The lowest BCUT2D eigenvalue weighted by atomic mass is 10.1. The molecule has 0 aromatic heterocycles. The van der Waals surface area contributed by atoms with Crippen LogP contribution in [0, 0.1) is 11.8 Å². The van der Waals surface area contributed by atoms with Crippen molar-refractivity contribution in [3.05, 3.63) is 42.5 Å². The van der Waals surface area contributed by atoms with E-state index in [0.29, 0.717) is 19.6 Å². The maximum absolute atomic E-state index is 11.0. The highest BCUT2D eigenvalue weighted by Crippen LogP contribution is 2.18. The van der Waals surface area contributed by atoms with Gasteiger partial charge in [0.15, 0.2) is 0 Å². The second-order valence-electron chi connectivity index (χ2n) is 3.87. The van der Waals surface area contributed by atoms with Crippen LogP contribution in [0.1, 0.15) is 18.9 Å². The molecule has 0 heterocycles. The van der Waals surface area contributed by atoms with E-state index in [-0.39, 0.29) is 5.91 Å². The van der Waals surface area contributed by atoms with Crippen LogP contribution in [0.25, 0.3) is 0 Å². The van der Waals surface area contributed by atoms with Crippen molar-refractivity contribution in [1.82, 2.24) is 5.32 Å². The Labute approximate surface area is 114 Å². The first-order chi connectivity index (χ1) is 9.27. The van der Waals surface area contributed by atoms with Crippen LogP contribution in [0.3, 0.4) is 0 Å². The maximum atomic E-state index is 11.0. The highest BCUT2D eigenvalue weighted by molar-refractivity contribution is 5.75. The molecule has 0 fully saturated rings. The normalized spacial score (nSPS) is 9.11. The average Bonchev–Trinajstić information content (AvgIpc) is 2.44. The predicted molar refractivity (Wildman–Crippen MR) is 76.9 cm³/mol. The third-order valence-corrected chi connectivity index (χ3v) is 2.46. The molecular formula is C16H19NO2. The van der Waals surface area contributed by atoms with Gasteiger partial charge in [-0.3, -0.25) is 4.79 Å². The Morgan fingerprint density at radius 2 is 2.21 bits per heavy atom. The monoisotopic (exact) mass is 257 g/mol. The summed E-state index contributed by atoms with van der Waals surface area (Å²) >= 11 is 0. The largest absolute Gasteiger partial charge is 0.481 e. The Morgan fingerprint density at radius 1 is 1.42 bits per heavy atom. The van der Waals surface area contributed by atoms with Crippen molar-refractivity contribution < 1.29 is 9.53 Å². The lowest BCUT2D eigenvalue weighted by Gasteiger charge is -2.07. The number of ether oxygens (including phenoxy) is 1. The summed E-state index contributed by atoms with van der Waals surface area (Å²) in [6.45, 7) is 6.21. The molecule has 0 saturated heterocycles. The summed E-state index contributed by atoms with van der Waals surface area (Å²) in [4.78, 5) is 11.0. The molecule has 3 nitrogen and oxygen atoms in total. The number of nitrogens with one attached hydrogen (secondary N) is 1. The van der Waals surface area contributed by atoms with Gasteiger partial charge in [-0.05, 0) is 18.1 Å². The molecule has 0 atom stereocenters. The molecule has 0 aliphatic carbocycles. The van der Waals surface area contributed by atoms with Gasteiger partial charge in [0.2, 0.25) is 5.91 Å². The van der Waals surface area contributed by atoms with Crippen molar-refractivity contribution in [2.45, 2.75) is 19.8 Å². The Hall–Kier alpha value is -2.21. The first kappa shape index (κ1) is 14.8. The number of carbonyl (C=O) groups excluding carboxylic acids is 1. The van der Waals surface area contributed by atoms with Crippen molar-refractivity contribution in [2.24, 2.45) is 0 Å². The van der Waals surface area contributed by atoms with Gasteiger partial charge in [0, 0.05) is 6.42 Å². The number of rotatable bonds is 6. The maximum Gasteiger partial charge on any atom is 0.220 e. The molecule has 0 unspecified atom stereocenters. The van der Waals surface area contributed by atoms with E-state index in [1.807, 2.05) is 37.3 Å². The summed E-state index contributed by atoms with van der Waals surface area (Å²) in [7, 11) is 0. The molecule has 19 heavy (non-hydrogen) atoms. The quantitative estimate of drug-likeness (QED) is 0.627. The molecule has 100 valence electrons. The number of para-hydroxylation sites is 1. The van der Waals surface area contributed by atoms with Gasteiger partial charge >= 0.3 is 0 Å².